The summed E-state index contributed by atoms with van der Waals surface area (Å²) in [7, 11) is 1.65. The topological polar surface area (TPSA) is 40.6 Å². The van der Waals surface area contributed by atoms with Crippen molar-refractivity contribution in [1.29, 1.82) is 0 Å². The Labute approximate surface area is 112 Å². The molecule has 4 heteroatoms. The van der Waals surface area contributed by atoms with E-state index in [9.17, 15) is 0 Å². The summed E-state index contributed by atoms with van der Waals surface area (Å²) in [5, 5.41) is 1.02. The number of methoxy groups -OCH3 is 1. The van der Waals surface area contributed by atoms with Gasteiger partial charge in [0.1, 0.15) is 11.5 Å². The molecule has 0 bridgehead atoms. The van der Waals surface area contributed by atoms with E-state index in [0.717, 1.165) is 42.0 Å². The molecule has 0 amide bonds. The average Bonchev–Trinajstić information content (AvgIpc) is 2.97. The molecule has 0 N–H and O–H groups in total. The van der Waals surface area contributed by atoms with Crippen LogP contribution in [-0.2, 0) is 4.74 Å². The summed E-state index contributed by atoms with van der Waals surface area (Å²) in [5.74, 6) is 2.18. The third-order valence-corrected chi connectivity index (χ3v) is 3.41. The molecule has 2 heterocycles. The standard InChI is InChI=1S/C15H17NO3/c1-17-12-2-3-13-14(8-12)16-6-4-15(13)19-10-11-5-7-18-9-11/h2-4,6,8,11H,5,7,9-10H2,1H3. The fourth-order valence-corrected chi connectivity index (χ4v) is 2.28. The summed E-state index contributed by atoms with van der Waals surface area (Å²) >= 11 is 0. The number of nitrogens with zero attached hydrogens (tertiary/aromatic N) is 1. The Bertz CT molecular complexity index is 564. The number of aromatic nitrogens is 1. The largest absolute Gasteiger partial charge is 0.497 e. The Morgan fingerprint density at radius 2 is 2.32 bits per heavy atom. The van der Waals surface area contributed by atoms with E-state index in [2.05, 4.69) is 4.98 Å². The molecule has 1 fully saturated rings. The van der Waals surface area contributed by atoms with Crippen molar-refractivity contribution in [2.75, 3.05) is 26.9 Å². The number of benzene rings is 1. The van der Waals surface area contributed by atoms with E-state index in [1.807, 2.05) is 24.3 Å². The van der Waals surface area contributed by atoms with Crippen LogP contribution in [0.2, 0.25) is 0 Å². The lowest BCUT2D eigenvalue weighted by atomic mass is 10.1. The van der Waals surface area contributed by atoms with Gasteiger partial charge >= 0.3 is 0 Å². The molecule has 4 nitrogen and oxygen atoms in total. The van der Waals surface area contributed by atoms with Gasteiger partial charge in [0.15, 0.2) is 0 Å². The highest BCUT2D eigenvalue weighted by Crippen LogP contribution is 2.27. The number of pyridine rings is 1. The van der Waals surface area contributed by atoms with Gasteiger partial charge in [-0.25, -0.2) is 0 Å². The van der Waals surface area contributed by atoms with Gasteiger partial charge in [-0.1, -0.05) is 0 Å². The van der Waals surface area contributed by atoms with Crippen molar-refractivity contribution >= 4 is 10.9 Å². The van der Waals surface area contributed by atoms with Gasteiger partial charge in [0.2, 0.25) is 0 Å². The fraction of sp³-hybridized carbons (Fsp3) is 0.400. The number of ether oxygens (including phenoxy) is 3. The quantitative estimate of drug-likeness (QED) is 0.846. The van der Waals surface area contributed by atoms with Crippen LogP contribution >= 0.6 is 0 Å². The third kappa shape index (κ3) is 2.63. The summed E-state index contributed by atoms with van der Waals surface area (Å²) in [5.41, 5.74) is 0.888. The van der Waals surface area contributed by atoms with Gasteiger partial charge in [0.25, 0.3) is 0 Å². The molecule has 19 heavy (non-hydrogen) atoms. The summed E-state index contributed by atoms with van der Waals surface area (Å²) < 4.78 is 16.5. The molecule has 0 aliphatic carbocycles. The lowest BCUT2D eigenvalue weighted by molar-refractivity contribution is 0.167. The summed E-state index contributed by atoms with van der Waals surface area (Å²) in [4.78, 5) is 4.35. The summed E-state index contributed by atoms with van der Waals surface area (Å²) in [6, 6.07) is 7.74. The average molecular weight is 259 g/mol. The molecule has 1 aliphatic rings. The SMILES string of the molecule is COc1ccc2c(OCC3CCOC3)ccnc2c1. The second kappa shape index (κ2) is 5.45. The van der Waals surface area contributed by atoms with Gasteiger partial charge in [0, 0.05) is 30.2 Å². The smallest absolute Gasteiger partial charge is 0.130 e. The molecule has 0 radical (unpaired) electrons. The fourth-order valence-electron chi connectivity index (χ4n) is 2.28. The molecule has 1 aliphatic heterocycles. The minimum atomic E-state index is 0.501. The summed E-state index contributed by atoms with van der Waals surface area (Å²) in [6.45, 7) is 2.35. The van der Waals surface area contributed by atoms with E-state index < -0.39 is 0 Å². The maximum absolute atomic E-state index is 5.92. The molecule has 1 saturated heterocycles. The number of fused-ring (bicyclic) bond motifs is 1. The zero-order valence-corrected chi connectivity index (χ0v) is 11.0. The first-order valence-electron chi connectivity index (χ1n) is 6.50. The van der Waals surface area contributed by atoms with Crippen molar-refractivity contribution in [2.45, 2.75) is 6.42 Å². The number of hydrogen-bond acceptors (Lipinski definition) is 4. The monoisotopic (exact) mass is 259 g/mol. The second-order valence-corrected chi connectivity index (χ2v) is 4.73. The Kier molecular flexibility index (Phi) is 3.51. The van der Waals surface area contributed by atoms with Crippen LogP contribution in [0, 0.1) is 5.92 Å². The first-order chi connectivity index (χ1) is 9.36. The first kappa shape index (κ1) is 12.2. The van der Waals surface area contributed by atoms with Gasteiger partial charge in [0.05, 0.1) is 25.8 Å². The molecular formula is C15H17NO3. The van der Waals surface area contributed by atoms with Gasteiger partial charge in [-0.3, -0.25) is 4.98 Å². The van der Waals surface area contributed by atoms with Crippen LogP contribution in [0.4, 0.5) is 0 Å². The van der Waals surface area contributed by atoms with Crippen LogP contribution in [0.5, 0.6) is 11.5 Å². The van der Waals surface area contributed by atoms with Crippen LogP contribution < -0.4 is 9.47 Å². The van der Waals surface area contributed by atoms with Gasteiger partial charge < -0.3 is 14.2 Å². The van der Waals surface area contributed by atoms with Gasteiger partial charge in [-0.05, 0) is 24.6 Å². The highest BCUT2D eigenvalue weighted by Gasteiger charge is 2.16. The highest BCUT2D eigenvalue weighted by atomic mass is 16.5. The zero-order chi connectivity index (χ0) is 13.1. The molecule has 2 aromatic rings. The van der Waals surface area contributed by atoms with E-state index in [4.69, 9.17) is 14.2 Å². The molecule has 1 aromatic carbocycles. The molecule has 1 atom stereocenters. The minimum absolute atomic E-state index is 0.501. The number of rotatable bonds is 4. The molecule has 1 unspecified atom stereocenters. The van der Waals surface area contributed by atoms with E-state index in [-0.39, 0.29) is 0 Å². The first-order valence-corrected chi connectivity index (χ1v) is 6.50. The van der Waals surface area contributed by atoms with Crippen LogP contribution in [0.15, 0.2) is 30.5 Å². The van der Waals surface area contributed by atoms with Gasteiger partial charge in [-0.15, -0.1) is 0 Å². The maximum Gasteiger partial charge on any atom is 0.130 e. The molecule has 3 rings (SSSR count). The van der Waals surface area contributed by atoms with Gasteiger partial charge in [-0.2, -0.15) is 0 Å². The van der Waals surface area contributed by atoms with Crippen LogP contribution in [0.1, 0.15) is 6.42 Å². The lowest BCUT2D eigenvalue weighted by Gasteiger charge is -2.12. The molecular weight excluding hydrogens is 242 g/mol. The van der Waals surface area contributed by atoms with E-state index >= 15 is 0 Å². The second-order valence-electron chi connectivity index (χ2n) is 4.73. The Hall–Kier alpha value is -1.81. The number of hydrogen-bond donors (Lipinski definition) is 0. The Morgan fingerprint density at radius 1 is 1.37 bits per heavy atom. The normalized spacial score (nSPS) is 18.7. The van der Waals surface area contributed by atoms with Crippen molar-refractivity contribution < 1.29 is 14.2 Å². The highest BCUT2D eigenvalue weighted by molar-refractivity contribution is 5.85. The van der Waals surface area contributed by atoms with E-state index in [1.54, 1.807) is 13.3 Å². The lowest BCUT2D eigenvalue weighted by Crippen LogP contribution is -2.11. The minimum Gasteiger partial charge on any atom is -0.497 e. The Balaban J connectivity index is 1.82. The van der Waals surface area contributed by atoms with Crippen molar-refractivity contribution in [3.8, 4) is 11.5 Å². The third-order valence-electron chi connectivity index (χ3n) is 3.41. The van der Waals surface area contributed by atoms with Crippen LogP contribution in [-0.4, -0.2) is 31.9 Å². The summed E-state index contributed by atoms with van der Waals surface area (Å²) in [6.07, 6.45) is 2.85. The molecule has 0 saturated carbocycles. The van der Waals surface area contributed by atoms with Crippen molar-refractivity contribution in [2.24, 2.45) is 5.92 Å². The van der Waals surface area contributed by atoms with Crippen LogP contribution in [0.25, 0.3) is 10.9 Å². The predicted octanol–water partition coefficient (Wildman–Crippen LogP) is 2.66. The molecule has 1 aromatic heterocycles. The van der Waals surface area contributed by atoms with Crippen molar-refractivity contribution in [3.63, 3.8) is 0 Å². The molecule has 0 spiro atoms. The van der Waals surface area contributed by atoms with E-state index in [1.165, 1.54) is 0 Å². The van der Waals surface area contributed by atoms with Crippen molar-refractivity contribution in [1.82, 2.24) is 4.98 Å². The van der Waals surface area contributed by atoms with E-state index in [0.29, 0.717) is 12.5 Å². The Morgan fingerprint density at radius 3 is 3.11 bits per heavy atom. The predicted molar refractivity (Wildman–Crippen MR) is 72.7 cm³/mol. The van der Waals surface area contributed by atoms with Crippen LogP contribution in [0.3, 0.4) is 0 Å². The van der Waals surface area contributed by atoms with Crippen molar-refractivity contribution in [3.05, 3.63) is 30.5 Å². The molecule has 100 valence electrons. The maximum atomic E-state index is 5.92. The zero-order valence-electron chi connectivity index (χ0n) is 11.0.